The lowest BCUT2D eigenvalue weighted by Gasteiger charge is -2.29. The lowest BCUT2D eigenvalue weighted by Crippen LogP contribution is -2.47. The predicted molar refractivity (Wildman–Crippen MR) is 87.4 cm³/mol. The molecule has 2 aliphatic rings. The Bertz CT molecular complexity index is 732. The van der Waals surface area contributed by atoms with E-state index >= 15 is 0 Å². The van der Waals surface area contributed by atoms with Crippen LogP contribution in [-0.2, 0) is 4.79 Å². The number of hydrogen-bond acceptors (Lipinski definition) is 3. The van der Waals surface area contributed by atoms with Gasteiger partial charge >= 0.3 is 6.03 Å². The van der Waals surface area contributed by atoms with Crippen molar-refractivity contribution < 1.29 is 9.59 Å². The number of carbonyl (C=O) groups is 2. The Kier molecular flexibility index (Phi) is 3.81. The van der Waals surface area contributed by atoms with Gasteiger partial charge in [-0.05, 0) is 44.4 Å². The van der Waals surface area contributed by atoms with Crippen LogP contribution in [0.4, 0.5) is 10.5 Å². The maximum atomic E-state index is 13.1. The van der Waals surface area contributed by atoms with Crippen molar-refractivity contribution in [2.24, 2.45) is 0 Å². The molecule has 6 heteroatoms. The minimum Gasteiger partial charge on any atom is -0.309 e. The van der Waals surface area contributed by atoms with Crippen molar-refractivity contribution >= 4 is 29.2 Å². The Balaban J connectivity index is 2.11. The first-order valence-corrected chi connectivity index (χ1v) is 8.21. The van der Waals surface area contributed by atoms with E-state index in [4.69, 9.17) is 16.9 Å². The summed E-state index contributed by atoms with van der Waals surface area (Å²) < 4.78 is 0. The fraction of sp³-hybridized carbons (Fsp3) is 0.471. The van der Waals surface area contributed by atoms with Crippen LogP contribution < -0.4 is 4.90 Å². The molecule has 1 spiro atoms. The molecular formula is C17H18ClN3O2. The molecule has 3 amide bonds. The highest BCUT2D eigenvalue weighted by atomic mass is 35.5. The molecule has 0 N–H and O–H groups in total. The van der Waals surface area contributed by atoms with E-state index in [1.165, 1.54) is 4.90 Å². The molecule has 1 heterocycles. The lowest BCUT2D eigenvalue weighted by atomic mass is 9.95. The zero-order valence-corrected chi connectivity index (χ0v) is 14.0. The summed E-state index contributed by atoms with van der Waals surface area (Å²) in [5.41, 5.74) is 0.707. The largest absolute Gasteiger partial charge is 0.332 e. The topological polar surface area (TPSA) is 64.4 Å². The average molecular weight is 332 g/mol. The van der Waals surface area contributed by atoms with Gasteiger partial charge in [0.25, 0.3) is 5.91 Å². The van der Waals surface area contributed by atoms with Gasteiger partial charge in [-0.15, -0.1) is 0 Å². The van der Waals surface area contributed by atoms with Crippen LogP contribution in [-0.4, -0.2) is 28.9 Å². The Labute approximate surface area is 140 Å². The van der Waals surface area contributed by atoms with Crippen molar-refractivity contribution in [3.05, 3.63) is 28.3 Å². The standard InChI is InChI=1S/C17H18ClN3O2/c1-3-20-16(23)21(15(22)17(20)8-4-5-9-17)13-7-6-12(10-19)14(18)11(13)2/h6-7H,3-5,8-9H2,1-2H3. The fourth-order valence-electron chi connectivity index (χ4n) is 3.81. The van der Waals surface area contributed by atoms with E-state index in [-0.39, 0.29) is 11.9 Å². The summed E-state index contributed by atoms with van der Waals surface area (Å²) in [7, 11) is 0. The number of nitriles is 1. The first-order chi connectivity index (χ1) is 11.0. The maximum Gasteiger partial charge on any atom is 0.332 e. The monoisotopic (exact) mass is 331 g/mol. The van der Waals surface area contributed by atoms with Gasteiger partial charge in [0.2, 0.25) is 0 Å². The number of anilines is 1. The van der Waals surface area contributed by atoms with Crippen LogP contribution in [0.1, 0.15) is 43.7 Å². The van der Waals surface area contributed by atoms with Gasteiger partial charge in [-0.2, -0.15) is 5.26 Å². The highest BCUT2D eigenvalue weighted by molar-refractivity contribution is 6.33. The van der Waals surface area contributed by atoms with Gasteiger partial charge in [0.15, 0.2) is 0 Å². The van der Waals surface area contributed by atoms with Crippen molar-refractivity contribution in [3.63, 3.8) is 0 Å². The van der Waals surface area contributed by atoms with E-state index in [0.29, 0.717) is 41.2 Å². The molecule has 5 nitrogen and oxygen atoms in total. The molecule has 1 aromatic rings. The maximum absolute atomic E-state index is 13.1. The van der Waals surface area contributed by atoms with E-state index in [2.05, 4.69) is 0 Å². The number of carbonyl (C=O) groups excluding carboxylic acids is 2. The number of rotatable bonds is 2. The van der Waals surface area contributed by atoms with Gasteiger partial charge < -0.3 is 4.90 Å². The van der Waals surface area contributed by atoms with Crippen LogP contribution >= 0.6 is 11.6 Å². The van der Waals surface area contributed by atoms with Crippen LogP contribution in [0, 0.1) is 18.3 Å². The van der Waals surface area contributed by atoms with E-state index in [9.17, 15) is 9.59 Å². The molecule has 1 saturated carbocycles. The average Bonchev–Trinajstić information content (AvgIpc) is 3.09. The highest BCUT2D eigenvalue weighted by Crippen LogP contribution is 2.44. The van der Waals surface area contributed by atoms with Crippen molar-refractivity contribution in [3.8, 4) is 6.07 Å². The van der Waals surface area contributed by atoms with Gasteiger partial charge in [0.1, 0.15) is 11.6 Å². The summed E-state index contributed by atoms with van der Waals surface area (Å²) in [4.78, 5) is 28.9. The predicted octanol–water partition coefficient (Wildman–Crippen LogP) is 3.62. The highest BCUT2D eigenvalue weighted by Gasteiger charge is 2.58. The van der Waals surface area contributed by atoms with Gasteiger partial charge in [0.05, 0.1) is 16.3 Å². The molecule has 1 aliphatic heterocycles. The Morgan fingerprint density at radius 1 is 1.30 bits per heavy atom. The second kappa shape index (κ2) is 5.54. The van der Waals surface area contributed by atoms with Crippen molar-refractivity contribution in [2.45, 2.75) is 45.1 Å². The summed E-state index contributed by atoms with van der Waals surface area (Å²) in [5.74, 6) is -0.161. The molecule has 3 rings (SSSR count). The molecule has 0 atom stereocenters. The quantitative estimate of drug-likeness (QED) is 0.777. The normalized spacial score (nSPS) is 19.7. The molecule has 23 heavy (non-hydrogen) atoms. The first kappa shape index (κ1) is 15.8. The second-order valence-electron chi connectivity index (χ2n) is 6.09. The van der Waals surface area contributed by atoms with Gasteiger partial charge in [-0.3, -0.25) is 4.79 Å². The Morgan fingerprint density at radius 2 is 1.96 bits per heavy atom. The fourth-order valence-corrected chi connectivity index (χ4v) is 4.01. The summed E-state index contributed by atoms with van der Waals surface area (Å²) in [6, 6.07) is 4.92. The number of hydrogen-bond donors (Lipinski definition) is 0. The summed E-state index contributed by atoms with van der Waals surface area (Å²) >= 11 is 6.21. The minimum atomic E-state index is -0.696. The number of benzene rings is 1. The second-order valence-corrected chi connectivity index (χ2v) is 6.47. The number of urea groups is 1. The van der Waals surface area contributed by atoms with Crippen LogP contribution in [0.2, 0.25) is 5.02 Å². The molecular weight excluding hydrogens is 314 g/mol. The molecule has 0 bridgehead atoms. The molecule has 1 aromatic carbocycles. The van der Waals surface area contributed by atoms with Gasteiger partial charge in [0, 0.05) is 6.54 Å². The number of amides is 3. The van der Waals surface area contributed by atoms with E-state index < -0.39 is 5.54 Å². The molecule has 0 radical (unpaired) electrons. The van der Waals surface area contributed by atoms with E-state index in [1.807, 2.05) is 13.0 Å². The lowest BCUT2D eigenvalue weighted by molar-refractivity contribution is -0.124. The van der Waals surface area contributed by atoms with Crippen LogP contribution in [0.25, 0.3) is 0 Å². The SMILES string of the molecule is CCN1C(=O)N(c2ccc(C#N)c(Cl)c2C)C(=O)C12CCCC2. The first-order valence-electron chi connectivity index (χ1n) is 7.83. The van der Waals surface area contributed by atoms with Crippen molar-refractivity contribution in [2.75, 3.05) is 11.4 Å². The van der Waals surface area contributed by atoms with E-state index in [1.54, 1.807) is 24.0 Å². The number of halogens is 1. The molecule has 0 aromatic heterocycles. The molecule has 0 unspecified atom stereocenters. The molecule has 1 aliphatic carbocycles. The third kappa shape index (κ3) is 2.05. The number of likely N-dealkylation sites (N-methyl/N-ethyl adjacent to an activating group) is 1. The molecule has 2 fully saturated rings. The summed E-state index contributed by atoms with van der Waals surface area (Å²) in [6.45, 7) is 4.13. The Hall–Kier alpha value is -2.06. The molecule has 1 saturated heterocycles. The van der Waals surface area contributed by atoms with Crippen LogP contribution in [0.5, 0.6) is 0 Å². The summed E-state index contributed by atoms with van der Waals surface area (Å²) in [6.07, 6.45) is 3.34. The Morgan fingerprint density at radius 3 is 2.52 bits per heavy atom. The summed E-state index contributed by atoms with van der Waals surface area (Å²) in [5, 5.41) is 9.35. The third-order valence-corrected chi connectivity index (χ3v) is 5.49. The number of nitrogens with zero attached hydrogens (tertiary/aromatic N) is 3. The smallest absolute Gasteiger partial charge is 0.309 e. The van der Waals surface area contributed by atoms with Crippen LogP contribution in [0.3, 0.4) is 0 Å². The molecule has 120 valence electrons. The van der Waals surface area contributed by atoms with Gasteiger partial charge in [-0.1, -0.05) is 24.4 Å². The van der Waals surface area contributed by atoms with Gasteiger partial charge in [-0.25, -0.2) is 9.69 Å². The minimum absolute atomic E-state index is 0.161. The zero-order valence-electron chi connectivity index (χ0n) is 13.2. The number of imide groups is 1. The third-order valence-electron chi connectivity index (χ3n) is 5.01. The van der Waals surface area contributed by atoms with Crippen LogP contribution in [0.15, 0.2) is 12.1 Å². The van der Waals surface area contributed by atoms with Crippen molar-refractivity contribution in [1.82, 2.24) is 4.90 Å². The van der Waals surface area contributed by atoms with Crippen molar-refractivity contribution in [1.29, 1.82) is 5.26 Å². The zero-order chi connectivity index (χ0) is 16.8. The van der Waals surface area contributed by atoms with E-state index in [0.717, 1.165) is 12.8 Å².